The van der Waals surface area contributed by atoms with Gasteiger partial charge in [-0.3, -0.25) is 9.89 Å². The molecule has 2 fully saturated rings. The van der Waals surface area contributed by atoms with Crippen LogP contribution in [0, 0.1) is 0 Å². The Morgan fingerprint density at radius 2 is 2.00 bits per heavy atom. The minimum atomic E-state index is -4.79. The van der Waals surface area contributed by atoms with E-state index in [2.05, 4.69) is 32.2 Å². The highest BCUT2D eigenvalue weighted by Crippen LogP contribution is 2.33. The number of aromatic amines is 1. The SMILES string of the molecule is CN1C2CCCC1CC(NC(=O)c1n[nH]c3ccc(OC(F)(F)F)cc13)C2. The van der Waals surface area contributed by atoms with Gasteiger partial charge in [-0.1, -0.05) is 6.42 Å². The largest absolute Gasteiger partial charge is 0.573 e. The average Bonchev–Trinajstić information content (AvgIpc) is 2.97. The first-order valence-electron chi connectivity index (χ1n) is 9.07. The number of fused-ring (bicyclic) bond motifs is 3. The van der Waals surface area contributed by atoms with Gasteiger partial charge in [0, 0.05) is 23.5 Å². The van der Waals surface area contributed by atoms with Gasteiger partial charge in [0.1, 0.15) is 5.75 Å². The fourth-order valence-electron chi connectivity index (χ4n) is 4.35. The van der Waals surface area contributed by atoms with E-state index >= 15 is 0 Å². The van der Waals surface area contributed by atoms with Gasteiger partial charge in [0.05, 0.1) is 5.52 Å². The van der Waals surface area contributed by atoms with Crippen molar-refractivity contribution in [3.8, 4) is 5.75 Å². The van der Waals surface area contributed by atoms with Crippen LogP contribution in [0.1, 0.15) is 42.6 Å². The summed E-state index contributed by atoms with van der Waals surface area (Å²) >= 11 is 0. The van der Waals surface area contributed by atoms with Crippen molar-refractivity contribution in [2.75, 3.05) is 7.05 Å². The van der Waals surface area contributed by atoms with Gasteiger partial charge in [-0.25, -0.2) is 0 Å². The van der Waals surface area contributed by atoms with Gasteiger partial charge in [0.2, 0.25) is 0 Å². The molecule has 0 radical (unpaired) electrons. The van der Waals surface area contributed by atoms with Crippen molar-refractivity contribution in [3.05, 3.63) is 23.9 Å². The molecule has 3 heterocycles. The molecule has 2 atom stereocenters. The molecule has 1 amide bonds. The number of ether oxygens (including phenoxy) is 1. The van der Waals surface area contributed by atoms with Gasteiger partial charge in [0.25, 0.3) is 5.91 Å². The second-order valence-corrected chi connectivity index (χ2v) is 7.37. The number of nitrogens with zero attached hydrogens (tertiary/aromatic N) is 2. The van der Waals surface area contributed by atoms with E-state index in [1.165, 1.54) is 24.6 Å². The van der Waals surface area contributed by atoms with E-state index in [4.69, 9.17) is 0 Å². The smallest absolute Gasteiger partial charge is 0.406 e. The Balaban J connectivity index is 1.52. The van der Waals surface area contributed by atoms with Crippen LogP contribution in [0.5, 0.6) is 5.75 Å². The molecule has 2 aromatic rings. The first-order chi connectivity index (χ1) is 12.8. The zero-order valence-electron chi connectivity index (χ0n) is 14.8. The van der Waals surface area contributed by atoms with Crippen molar-refractivity contribution in [1.82, 2.24) is 20.4 Å². The van der Waals surface area contributed by atoms with Gasteiger partial charge in [-0.2, -0.15) is 5.10 Å². The summed E-state index contributed by atoms with van der Waals surface area (Å²) in [6, 6.07) is 4.76. The van der Waals surface area contributed by atoms with E-state index in [0.29, 0.717) is 23.0 Å². The Labute approximate surface area is 154 Å². The molecule has 0 saturated carbocycles. The minimum absolute atomic E-state index is 0.0466. The Kier molecular flexibility index (Phi) is 4.49. The monoisotopic (exact) mass is 382 g/mol. The van der Waals surface area contributed by atoms with Crippen LogP contribution >= 0.6 is 0 Å². The van der Waals surface area contributed by atoms with Crippen LogP contribution in [-0.2, 0) is 0 Å². The molecule has 146 valence electrons. The van der Waals surface area contributed by atoms with Crippen molar-refractivity contribution in [2.45, 2.75) is 56.6 Å². The Morgan fingerprint density at radius 3 is 2.67 bits per heavy atom. The topological polar surface area (TPSA) is 70.2 Å². The quantitative estimate of drug-likeness (QED) is 0.855. The Bertz CT molecular complexity index is 837. The van der Waals surface area contributed by atoms with Gasteiger partial charge in [0.15, 0.2) is 5.69 Å². The molecular weight excluding hydrogens is 361 g/mol. The number of halogens is 3. The summed E-state index contributed by atoms with van der Waals surface area (Å²) in [6.45, 7) is 0. The number of amides is 1. The molecule has 4 rings (SSSR count). The maximum Gasteiger partial charge on any atom is 0.573 e. The lowest BCUT2D eigenvalue weighted by molar-refractivity contribution is -0.274. The number of carbonyl (C=O) groups excluding carboxylic acids is 1. The zero-order valence-corrected chi connectivity index (χ0v) is 14.8. The van der Waals surface area contributed by atoms with E-state index in [1.54, 1.807) is 0 Å². The minimum Gasteiger partial charge on any atom is -0.406 e. The standard InChI is InChI=1S/C18H21F3N4O2/c1-25-11-3-2-4-12(25)8-10(7-11)22-17(26)16-14-9-13(27-18(19,20)21)5-6-15(14)23-24-16/h5-6,9-12H,2-4,7-8H2,1H3,(H,22,26)(H,23,24). The second kappa shape index (κ2) is 6.70. The maximum absolute atomic E-state index is 12.7. The third-order valence-electron chi connectivity index (χ3n) is 5.66. The van der Waals surface area contributed by atoms with Crippen LogP contribution in [0.4, 0.5) is 13.2 Å². The van der Waals surface area contributed by atoms with Gasteiger partial charge >= 0.3 is 6.36 Å². The lowest BCUT2D eigenvalue weighted by Gasteiger charge is -2.47. The number of hydrogen-bond acceptors (Lipinski definition) is 4. The van der Waals surface area contributed by atoms with E-state index in [9.17, 15) is 18.0 Å². The number of hydrogen-bond donors (Lipinski definition) is 2. The number of piperidine rings is 2. The number of nitrogens with one attached hydrogen (secondary N) is 2. The van der Waals surface area contributed by atoms with Crippen molar-refractivity contribution < 1.29 is 22.7 Å². The summed E-state index contributed by atoms with van der Waals surface area (Å²) in [5, 5.41) is 10.0. The van der Waals surface area contributed by atoms with Gasteiger partial charge < -0.3 is 15.0 Å². The molecule has 2 saturated heterocycles. The molecule has 2 aliphatic heterocycles. The molecule has 9 heteroatoms. The fourth-order valence-corrected chi connectivity index (χ4v) is 4.35. The third kappa shape index (κ3) is 3.73. The average molecular weight is 382 g/mol. The van der Waals surface area contributed by atoms with Crippen molar-refractivity contribution in [3.63, 3.8) is 0 Å². The predicted octanol–water partition coefficient (Wildman–Crippen LogP) is 3.21. The molecule has 6 nitrogen and oxygen atoms in total. The summed E-state index contributed by atoms with van der Waals surface area (Å²) in [4.78, 5) is 15.1. The number of alkyl halides is 3. The van der Waals surface area contributed by atoms with Crippen molar-refractivity contribution in [2.24, 2.45) is 0 Å². The molecule has 2 N–H and O–H groups in total. The number of benzene rings is 1. The summed E-state index contributed by atoms with van der Waals surface area (Å²) in [6.07, 6.45) is 0.441. The number of H-pyrrole nitrogens is 1. The molecule has 2 aliphatic rings. The lowest BCUT2D eigenvalue weighted by Crippen LogP contribution is -2.55. The highest BCUT2D eigenvalue weighted by atomic mass is 19.4. The Morgan fingerprint density at radius 1 is 1.30 bits per heavy atom. The van der Waals surface area contributed by atoms with Crippen LogP contribution in [0.25, 0.3) is 10.9 Å². The fraction of sp³-hybridized carbons (Fsp3) is 0.556. The highest BCUT2D eigenvalue weighted by molar-refractivity contribution is 6.05. The summed E-state index contributed by atoms with van der Waals surface area (Å²) in [5.74, 6) is -0.752. The maximum atomic E-state index is 12.7. The van der Waals surface area contributed by atoms with Crippen LogP contribution in [-0.4, -0.2) is 52.5 Å². The molecule has 2 unspecified atom stereocenters. The van der Waals surface area contributed by atoms with Crippen LogP contribution in [0.2, 0.25) is 0 Å². The van der Waals surface area contributed by atoms with E-state index < -0.39 is 6.36 Å². The molecule has 0 spiro atoms. The van der Waals surface area contributed by atoms with Crippen LogP contribution < -0.4 is 10.1 Å². The molecule has 0 aliphatic carbocycles. The third-order valence-corrected chi connectivity index (χ3v) is 5.66. The number of aromatic nitrogens is 2. The van der Waals surface area contributed by atoms with Gasteiger partial charge in [-0.15, -0.1) is 13.2 Å². The molecule has 27 heavy (non-hydrogen) atoms. The molecule has 1 aromatic heterocycles. The normalized spacial score (nSPS) is 26.1. The van der Waals surface area contributed by atoms with Crippen LogP contribution in [0.15, 0.2) is 18.2 Å². The summed E-state index contributed by atoms with van der Waals surface area (Å²) in [7, 11) is 2.13. The Hall–Kier alpha value is -2.29. The lowest BCUT2D eigenvalue weighted by atomic mass is 9.82. The van der Waals surface area contributed by atoms with Gasteiger partial charge in [-0.05, 0) is 50.9 Å². The molecule has 1 aromatic carbocycles. The number of carbonyl (C=O) groups is 1. The van der Waals surface area contributed by atoms with E-state index in [0.717, 1.165) is 25.7 Å². The second-order valence-electron chi connectivity index (χ2n) is 7.37. The van der Waals surface area contributed by atoms with Crippen LogP contribution in [0.3, 0.4) is 0 Å². The highest BCUT2D eigenvalue weighted by Gasteiger charge is 2.37. The zero-order chi connectivity index (χ0) is 19.2. The molecule has 2 bridgehead atoms. The number of rotatable bonds is 3. The van der Waals surface area contributed by atoms with Crippen molar-refractivity contribution >= 4 is 16.8 Å². The first-order valence-corrected chi connectivity index (χ1v) is 9.07. The summed E-state index contributed by atoms with van der Waals surface area (Å²) < 4.78 is 41.3. The van der Waals surface area contributed by atoms with E-state index in [-0.39, 0.29) is 23.4 Å². The van der Waals surface area contributed by atoms with E-state index in [1.807, 2.05) is 0 Å². The first kappa shape index (κ1) is 18.1. The predicted molar refractivity (Wildman–Crippen MR) is 92.5 cm³/mol. The molecular formula is C18H21F3N4O2. The summed E-state index contributed by atoms with van der Waals surface area (Å²) in [5.41, 5.74) is 0.566. The van der Waals surface area contributed by atoms with Crippen molar-refractivity contribution in [1.29, 1.82) is 0 Å².